The van der Waals surface area contributed by atoms with Crippen molar-refractivity contribution in [3.8, 4) is 18.0 Å². The molecule has 3 heterocycles. The minimum Gasteiger partial charge on any atom is -0.488 e. The van der Waals surface area contributed by atoms with Crippen LogP contribution in [0.5, 0.6) is 11.8 Å². The molecular weight excluding hydrogens is 440 g/mol. The van der Waals surface area contributed by atoms with Crippen LogP contribution in [0.4, 0.5) is 11.6 Å². The Morgan fingerprint density at radius 1 is 1.29 bits per heavy atom. The fourth-order valence-corrected chi connectivity index (χ4v) is 3.83. The maximum atomic E-state index is 12.8. The molecule has 0 aromatic carbocycles. The van der Waals surface area contributed by atoms with Crippen LogP contribution in [0.25, 0.3) is 0 Å². The number of carbonyl (C=O) groups is 1. The standard InChI is InChI=1S/C22H28N8O4/c1-14(16-2-3-16)27-21(31)17-8-19(29-22(28-17)34-13-32-11-23)30-6-4-15(5-7-30)10-33-18-9-25-12-26-20(18)24/h8-9,12,14-16H,2-7,10,13H2,1H3,(H,27,31)(H2,24,25,26). The number of carbonyl (C=O) groups excluding carboxylic acids is 1. The smallest absolute Gasteiger partial charge is 0.322 e. The molecule has 1 atom stereocenters. The molecule has 2 aliphatic rings. The number of nitriles is 1. The first-order chi connectivity index (χ1) is 16.5. The first-order valence-electron chi connectivity index (χ1n) is 11.3. The van der Waals surface area contributed by atoms with Gasteiger partial charge in [-0.3, -0.25) is 4.79 Å². The van der Waals surface area contributed by atoms with Gasteiger partial charge in [0.2, 0.25) is 6.79 Å². The summed E-state index contributed by atoms with van der Waals surface area (Å²) >= 11 is 0. The van der Waals surface area contributed by atoms with Gasteiger partial charge >= 0.3 is 6.01 Å². The van der Waals surface area contributed by atoms with Crippen molar-refractivity contribution < 1.29 is 19.0 Å². The monoisotopic (exact) mass is 468 g/mol. The van der Waals surface area contributed by atoms with Crippen molar-refractivity contribution in [1.29, 1.82) is 5.26 Å². The molecule has 180 valence electrons. The second-order valence-corrected chi connectivity index (χ2v) is 8.50. The third-order valence-electron chi connectivity index (χ3n) is 6.04. The lowest BCUT2D eigenvalue weighted by Gasteiger charge is -2.32. The molecule has 1 unspecified atom stereocenters. The number of anilines is 2. The number of hydrogen-bond acceptors (Lipinski definition) is 11. The van der Waals surface area contributed by atoms with E-state index in [1.807, 2.05) is 6.92 Å². The molecule has 3 N–H and O–H groups in total. The molecule has 1 aliphatic heterocycles. The molecule has 1 amide bonds. The second-order valence-electron chi connectivity index (χ2n) is 8.50. The Morgan fingerprint density at radius 3 is 2.79 bits per heavy atom. The number of aromatic nitrogens is 4. The van der Waals surface area contributed by atoms with Crippen LogP contribution < -0.4 is 25.4 Å². The predicted octanol–water partition coefficient (Wildman–Crippen LogP) is 1.51. The fraction of sp³-hybridized carbons (Fsp3) is 0.545. The number of rotatable bonds is 10. The maximum absolute atomic E-state index is 12.8. The van der Waals surface area contributed by atoms with E-state index in [0.717, 1.165) is 38.8 Å². The number of nitrogens with one attached hydrogen (secondary N) is 1. The third kappa shape index (κ3) is 6.12. The van der Waals surface area contributed by atoms with Crippen molar-refractivity contribution in [3.63, 3.8) is 0 Å². The van der Waals surface area contributed by atoms with Gasteiger partial charge in [-0.15, -0.1) is 0 Å². The van der Waals surface area contributed by atoms with Crippen molar-refractivity contribution in [2.75, 3.05) is 37.1 Å². The normalized spacial score (nSPS) is 16.9. The summed E-state index contributed by atoms with van der Waals surface area (Å²) in [6, 6.07) is 1.74. The van der Waals surface area contributed by atoms with E-state index in [0.29, 0.717) is 35.8 Å². The number of amides is 1. The molecule has 0 spiro atoms. The van der Waals surface area contributed by atoms with Gasteiger partial charge in [0, 0.05) is 25.2 Å². The number of ether oxygens (including phenoxy) is 3. The van der Waals surface area contributed by atoms with Gasteiger partial charge < -0.3 is 30.2 Å². The molecule has 1 saturated heterocycles. The molecule has 0 radical (unpaired) electrons. The highest BCUT2D eigenvalue weighted by atomic mass is 16.7. The SMILES string of the molecule is CC(NC(=O)c1cc(N2CCC(COc3cncnc3N)CC2)nc(OCOC#N)n1)C1CC1. The Bertz CT molecular complexity index is 1030. The highest BCUT2D eigenvalue weighted by Crippen LogP contribution is 2.32. The van der Waals surface area contributed by atoms with Gasteiger partial charge in [-0.1, -0.05) is 0 Å². The summed E-state index contributed by atoms with van der Waals surface area (Å²) in [5.41, 5.74) is 6.03. The summed E-state index contributed by atoms with van der Waals surface area (Å²) in [4.78, 5) is 31.4. The van der Waals surface area contributed by atoms with Crippen LogP contribution in [-0.2, 0) is 4.74 Å². The van der Waals surface area contributed by atoms with Crippen molar-refractivity contribution in [2.24, 2.45) is 11.8 Å². The quantitative estimate of drug-likeness (QED) is 0.295. The summed E-state index contributed by atoms with van der Waals surface area (Å²) in [7, 11) is 0. The average Bonchev–Trinajstić information content (AvgIpc) is 3.70. The molecule has 1 saturated carbocycles. The maximum Gasteiger partial charge on any atom is 0.322 e. The summed E-state index contributed by atoms with van der Waals surface area (Å²) in [6.07, 6.45) is 8.46. The van der Waals surface area contributed by atoms with Crippen LogP contribution in [0, 0.1) is 23.4 Å². The first-order valence-corrected chi connectivity index (χ1v) is 11.3. The van der Waals surface area contributed by atoms with Gasteiger partial charge in [0.15, 0.2) is 11.6 Å². The summed E-state index contributed by atoms with van der Waals surface area (Å²) in [5.74, 6) is 1.97. The van der Waals surface area contributed by atoms with Crippen molar-refractivity contribution >= 4 is 17.5 Å². The fourth-order valence-electron chi connectivity index (χ4n) is 3.83. The van der Waals surface area contributed by atoms with E-state index >= 15 is 0 Å². The van der Waals surface area contributed by atoms with Crippen LogP contribution >= 0.6 is 0 Å². The molecule has 2 aromatic heterocycles. The van der Waals surface area contributed by atoms with Crippen molar-refractivity contribution in [3.05, 3.63) is 24.3 Å². The Labute approximate surface area is 197 Å². The first kappa shape index (κ1) is 23.3. The van der Waals surface area contributed by atoms with Crippen molar-refractivity contribution in [2.45, 2.75) is 38.6 Å². The van der Waals surface area contributed by atoms with Crippen LogP contribution in [0.1, 0.15) is 43.1 Å². The van der Waals surface area contributed by atoms with E-state index < -0.39 is 0 Å². The molecule has 1 aliphatic carbocycles. The second kappa shape index (κ2) is 10.8. The van der Waals surface area contributed by atoms with E-state index in [1.165, 1.54) is 12.6 Å². The van der Waals surface area contributed by atoms with Gasteiger partial charge in [0.25, 0.3) is 12.2 Å². The number of nitrogen functional groups attached to an aromatic ring is 1. The molecule has 2 aromatic rings. The topological polar surface area (TPSA) is 161 Å². The van der Waals surface area contributed by atoms with Crippen molar-refractivity contribution in [1.82, 2.24) is 25.3 Å². The minimum atomic E-state index is -0.328. The molecule has 2 fully saturated rings. The van der Waals surface area contributed by atoms with Gasteiger partial charge in [-0.05, 0) is 44.4 Å². The van der Waals surface area contributed by atoms with Crippen LogP contribution in [0.2, 0.25) is 0 Å². The number of piperidine rings is 1. The zero-order valence-corrected chi connectivity index (χ0v) is 19.0. The van der Waals surface area contributed by atoms with E-state index in [2.05, 4.69) is 34.9 Å². The van der Waals surface area contributed by atoms with E-state index in [4.69, 9.17) is 20.5 Å². The number of nitrogens with two attached hydrogens (primary N) is 1. The van der Waals surface area contributed by atoms with E-state index in [9.17, 15) is 4.79 Å². The lowest BCUT2D eigenvalue weighted by molar-refractivity contribution is 0.0813. The zero-order chi connectivity index (χ0) is 23.9. The highest BCUT2D eigenvalue weighted by Gasteiger charge is 2.30. The minimum absolute atomic E-state index is 0.0121. The summed E-state index contributed by atoms with van der Waals surface area (Å²) < 4.78 is 15.7. The largest absolute Gasteiger partial charge is 0.488 e. The molecule has 12 nitrogen and oxygen atoms in total. The lowest BCUT2D eigenvalue weighted by Crippen LogP contribution is -2.37. The predicted molar refractivity (Wildman–Crippen MR) is 121 cm³/mol. The highest BCUT2D eigenvalue weighted by molar-refractivity contribution is 5.93. The van der Waals surface area contributed by atoms with E-state index in [-0.39, 0.29) is 30.4 Å². The lowest BCUT2D eigenvalue weighted by atomic mass is 9.98. The molecular formula is C22H28N8O4. The zero-order valence-electron chi connectivity index (χ0n) is 19.0. The number of nitrogens with zero attached hydrogens (tertiary/aromatic N) is 6. The van der Waals surface area contributed by atoms with Gasteiger partial charge in [0.05, 0.1) is 12.8 Å². The Balaban J connectivity index is 1.39. The molecule has 0 bridgehead atoms. The summed E-state index contributed by atoms with van der Waals surface area (Å²) in [6.45, 7) is 3.63. The number of hydrogen-bond donors (Lipinski definition) is 2. The average molecular weight is 469 g/mol. The van der Waals surface area contributed by atoms with Gasteiger partial charge in [0.1, 0.15) is 17.8 Å². The Hall–Kier alpha value is -3.88. The van der Waals surface area contributed by atoms with Crippen LogP contribution in [0.15, 0.2) is 18.6 Å². The van der Waals surface area contributed by atoms with E-state index in [1.54, 1.807) is 12.3 Å². The Kier molecular flexibility index (Phi) is 7.41. The molecule has 12 heteroatoms. The van der Waals surface area contributed by atoms with Crippen LogP contribution in [-0.4, -0.2) is 58.4 Å². The third-order valence-corrected chi connectivity index (χ3v) is 6.04. The van der Waals surface area contributed by atoms with Crippen LogP contribution in [0.3, 0.4) is 0 Å². The summed E-state index contributed by atoms with van der Waals surface area (Å²) in [5, 5.41) is 11.6. The molecule has 34 heavy (non-hydrogen) atoms. The van der Waals surface area contributed by atoms with Gasteiger partial charge in [-0.25, -0.2) is 9.97 Å². The molecule has 4 rings (SSSR count). The van der Waals surface area contributed by atoms with Gasteiger partial charge in [-0.2, -0.15) is 15.2 Å². The Morgan fingerprint density at radius 2 is 2.09 bits per heavy atom.